The molecule has 0 amide bonds. The van der Waals surface area contributed by atoms with Gasteiger partial charge >= 0.3 is 0 Å². The number of rotatable bonds is 5. The molecule has 1 atom stereocenters. The van der Waals surface area contributed by atoms with Crippen molar-refractivity contribution in [1.29, 1.82) is 0 Å². The van der Waals surface area contributed by atoms with E-state index in [0.717, 1.165) is 52.4 Å². The van der Waals surface area contributed by atoms with Crippen LogP contribution in [-0.2, 0) is 20.8 Å². The van der Waals surface area contributed by atoms with Gasteiger partial charge in [-0.3, -0.25) is 9.58 Å². The molecule has 1 aromatic rings. The van der Waals surface area contributed by atoms with Crippen molar-refractivity contribution < 1.29 is 14.2 Å². The monoisotopic (exact) mass is 267 g/mol. The summed E-state index contributed by atoms with van der Waals surface area (Å²) < 4.78 is 18.6. The lowest BCUT2D eigenvalue weighted by Crippen LogP contribution is -2.45. The van der Waals surface area contributed by atoms with Crippen LogP contribution < -0.4 is 0 Å². The molecule has 0 spiro atoms. The van der Waals surface area contributed by atoms with Gasteiger partial charge in [-0.1, -0.05) is 0 Å². The molecule has 3 heterocycles. The van der Waals surface area contributed by atoms with Gasteiger partial charge in [0.25, 0.3) is 0 Å². The first kappa shape index (κ1) is 13.1. The van der Waals surface area contributed by atoms with Gasteiger partial charge < -0.3 is 14.2 Å². The highest BCUT2D eigenvalue weighted by Gasteiger charge is 2.23. The average Bonchev–Trinajstić information content (AvgIpc) is 3.10. The Morgan fingerprint density at radius 3 is 2.84 bits per heavy atom. The molecule has 3 rings (SSSR count). The van der Waals surface area contributed by atoms with E-state index >= 15 is 0 Å². The fraction of sp³-hybridized carbons (Fsp3) is 0.769. The minimum Gasteiger partial charge on any atom is -0.374 e. The maximum absolute atomic E-state index is 5.79. The fourth-order valence-electron chi connectivity index (χ4n) is 2.57. The Labute approximate surface area is 113 Å². The van der Waals surface area contributed by atoms with Crippen molar-refractivity contribution in [3.63, 3.8) is 0 Å². The summed E-state index contributed by atoms with van der Waals surface area (Å²) in [4.78, 5) is 2.42. The molecule has 19 heavy (non-hydrogen) atoms. The zero-order valence-electron chi connectivity index (χ0n) is 11.1. The predicted molar refractivity (Wildman–Crippen MR) is 68.7 cm³/mol. The second-order valence-corrected chi connectivity index (χ2v) is 4.98. The van der Waals surface area contributed by atoms with Gasteiger partial charge in [0, 0.05) is 38.4 Å². The number of ether oxygens (including phenoxy) is 3. The lowest BCUT2D eigenvalue weighted by Gasteiger charge is -2.33. The Morgan fingerprint density at radius 2 is 2.05 bits per heavy atom. The van der Waals surface area contributed by atoms with E-state index in [1.165, 1.54) is 0 Å². The molecule has 0 N–H and O–H groups in total. The van der Waals surface area contributed by atoms with Gasteiger partial charge in [-0.2, -0.15) is 5.10 Å². The number of hydrogen-bond acceptors (Lipinski definition) is 5. The summed E-state index contributed by atoms with van der Waals surface area (Å²) in [5.41, 5.74) is 0. The molecular weight excluding hydrogens is 246 g/mol. The third-order valence-corrected chi connectivity index (χ3v) is 3.54. The lowest BCUT2D eigenvalue weighted by atomic mass is 10.2. The van der Waals surface area contributed by atoms with Crippen LogP contribution in [0.1, 0.15) is 6.42 Å². The van der Waals surface area contributed by atoms with Crippen molar-refractivity contribution in [1.82, 2.24) is 14.7 Å². The minimum atomic E-state index is -0.00703. The molecule has 1 aromatic heterocycles. The van der Waals surface area contributed by atoms with Crippen LogP contribution in [0.5, 0.6) is 0 Å². The highest BCUT2D eigenvalue weighted by atomic mass is 16.7. The first-order valence-corrected chi connectivity index (χ1v) is 6.95. The number of morpholine rings is 1. The van der Waals surface area contributed by atoms with Gasteiger partial charge in [0.1, 0.15) is 0 Å². The zero-order chi connectivity index (χ0) is 12.9. The highest BCUT2D eigenvalue weighted by molar-refractivity contribution is 4.80. The molecule has 6 nitrogen and oxygen atoms in total. The van der Waals surface area contributed by atoms with Crippen LogP contribution in [0.25, 0.3) is 0 Å². The molecule has 106 valence electrons. The number of hydrogen-bond donors (Lipinski definition) is 0. The number of nitrogens with zero attached hydrogens (tertiary/aromatic N) is 3. The van der Waals surface area contributed by atoms with Gasteiger partial charge in [-0.05, 0) is 6.07 Å². The Morgan fingerprint density at radius 1 is 1.16 bits per heavy atom. The highest BCUT2D eigenvalue weighted by Crippen LogP contribution is 2.12. The zero-order valence-corrected chi connectivity index (χ0v) is 11.1. The summed E-state index contributed by atoms with van der Waals surface area (Å²) >= 11 is 0. The Bertz CT molecular complexity index is 365. The molecule has 0 unspecified atom stereocenters. The summed E-state index contributed by atoms with van der Waals surface area (Å²) in [6.45, 7) is 6.02. The van der Waals surface area contributed by atoms with Crippen molar-refractivity contribution >= 4 is 0 Å². The molecule has 2 fully saturated rings. The Balaban J connectivity index is 1.42. The third kappa shape index (κ3) is 3.76. The normalized spacial score (nSPS) is 26.0. The molecule has 0 aromatic carbocycles. The smallest absolute Gasteiger partial charge is 0.159 e. The summed E-state index contributed by atoms with van der Waals surface area (Å²) in [5, 5.41) is 4.22. The molecule has 2 saturated heterocycles. The van der Waals surface area contributed by atoms with Crippen LogP contribution in [0.3, 0.4) is 0 Å². The summed E-state index contributed by atoms with van der Waals surface area (Å²) in [5.74, 6) is 0. The Kier molecular flexibility index (Phi) is 4.45. The van der Waals surface area contributed by atoms with Crippen molar-refractivity contribution in [2.45, 2.75) is 25.4 Å². The standard InChI is InChI=1S/C13H21N3O3/c1-3-14-16(4-1)11-12-10-15(6-7-17-12)5-2-13-18-8-9-19-13/h1,3-4,12-13H,2,5-11H2/t12-/m0/s1. The predicted octanol–water partition coefficient (Wildman–Crippen LogP) is 0.347. The van der Waals surface area contributed by atoms with Crippen LogP contribution in [0.15, 0.2) is 18.5 Å². The molecule has 6 heteroatoms. The van der Waals surface area contributed by atoms with Gasteiger partial charge in [-0.15, -0.1) is 0 Å². The van der Waals surface area contributed by atoms with E-state index in [4.69, 9.17) is 14.2 Å². The van der Waals surface area contributed by atoms with E-state index in [1.54, 1.807) is 6.20 Å². The molecule has 2 aliphatic heterocycles. The molecular formula is C13H21N3O3. The Hall–Kier alpha value is -0.950. The number of aromatic nitrogens is 2. The van der Waals surface area contributed by atoms with Crippen molar-refractivity contribution in [3.05, 3.63) is 18.5 Å². The van der Waals surface area contributed by atoms with Crippen LogP contribution >= 0.6 is 0 Å². The van der Waals surface area contributed by atoms with Crippen LogP contribution in [0.2, 0.25) is 0 Å². The quantitative estimate of drug-likeness (QED) is 0.770. The molecule has 0 bridgehead atoms. The average molecular weight is 267 g/mol. The maximum Gasteiger partial charge on any atom is 0.159 e. The van der Waals surface area contributed by atoms with E-state index in [2.05, 4.69) is 10.00 Å². The van der Waals surface area contributed by atoms with E-state index in [0.29, 0.717) is 0 Å². The van der Waals surface area contributed by atoms with E-state index in [-0.39, 0.29) is 12.4 Å². The second kappa shape index (κ2) is 6.47. The van der Waals surface area contributed by atoms with Gasteiger partial charge in [-0.25, -0.2) is 0 Å². The van der Waals surface area contributed by atoms with Crippen molar-refractivity contribution in [2.24, 2.45) is 0 Å². The first-order valence-electron chi connectivity index (χ1n) is 6.95. The maximum atomic E-state index is 5.79. The van der Waals surface area contributed by atoms with Crippen LogP contribution in [0, 0.1) is 0 Å². The lowest BCUT2D eigenvalue weighted by molar-refractivity contribution is -0.0694. The van der Waals surface area contributed by atoms with Crippen LogP contribution in [-0.4, -0.2) is 66.5 Å². The van der Waals surface area contributed by atoms with E-state index in [1.807, 2.05) is 16.9 Å². The summed E-state index contributed by atoms with van der Waals surface area (Å²) in [6.07, 6.45) is 4.93. The third-order valence-electron chi connectivity index (χ3n) is 3.54. The topological polar surface area (TPSA) is 48.8 Å². The molecule has 0 radical (unpaired) electrons. The van der Waals surface area contributed by atoms with Crippen molar-refractivity contribution in [2.75, 3.05) is 39.5 Å². The van der Waals surface area contributed by atoms with Gasteiger partial charge in [0.2, 0.25) is 0 Å². The van der Waals surface area contributed by atoms with E-state index < -0.39 is 0 Å². The molecule has 2 aliphatic rings. The molecule has 0 aliphatic carbocycles. The summed E-state index contributed by atoms with van der Waals surface area (Å²) in [6, 6.07) is 1.94. The van der Waals surface area contributed by atoms with E-state index in [9.17, 15) is 0 Å². The van der Waals surface area contributed by atoms with Crippen molar-refractivity contribution in [3.8, 4) is 0 Å². The fourth-order valence-corrected chi connectivity index (χ4v) is 2.57. The van der Waals surface area contributed by atoms with Gasteiger partial charge in [0.05, 0.1) is 32.5 Å². The molecule has 0 saturated carbocycles. The summed E-state index contributed by atoms with van der Waals surface area (Å²) in [7, 11) is 0. The second-order valence-electron chi connectivity index (χ2n) is 4.98. The minimum absolute atomic E-state index is 0.00703. The van der Waals surface area contributed by atoms with Crippen LogP contribution in [0.4, 0.5) is 0 Å². The first-order chi connectivity index (χ1) is 9.40. The SMILES string of the molecule is c1cnn(C[C@@H]2CN(CCC3OCCO3)CCO2)c1. The largest absolute Gasteiger partial charge is 0.374 e. The van der Waals surface area contributed by atoms with Gasteiger partial charge in [0.15, 0.2) is 6.29 Å².